The van der Waals surface area contributed by atoms with Gasteiger partial charge in [0.1, 0.15) is 0 Å². The highest BCUT2D eigenvalue weighted by atomic mass is 16.3. The molecule has 5 heteroatoms. The summed E-state index contributed by atoms with van der Waals surface area (Å²) in [4.78, 5) is 11.8. The first kappa shape index (κ1) is 13.3. The molecule has 1 amide bonds. The Labute approximate surface area is 99.7 Å². The SMILES string of the molecule is CC(CO)C(C)NC(=O)c1cccc(O)c1O. The number of nitrogens with one attached hydrogen (secondary N) is 1. The number of hydrogen-bond acceptors (Lipinski definition) is 4. The lowest BCUT2D eigenvalue weighted by atomic mass is 10.0. The predicted molar refractivity (Wildman–Crippen MR) is 62.9 cm³/mol. The molecular weight excluding hydrogens is 222 g/mol. The molecule has 0 radical (unpaired) electrons. The number of phenols is 2. The fourth-order valence-corrected chi connectivity index (χ4v) is 1.30. The van der Waals surface area contributed by atoms with Crippen LogP contribution in [0.2, 0.25) is 0 Å². The van der Waals surface area contributed by atoms with Crippen molar-refractivity contribution in [3.63, 3.8) is 0 Å². The number of carbonyl (C=O) groups excluding carboxylic acids is 1. The van der Waals surface area contributed by atoms with Crippen molar-refractivity contribution < 1.29 is 20.1 Å². The standard InChI is InChI=1S/C12H17NO4/c1-7(6-14)8(2)13-12(17)9-4-3-5-10(15)11(9)16/h3-5,7-8,14-16H,6H2,1-2H3,(H,13,17). The lowest BCUT2D eigenvalue weighted by Crippen LogP contribution is -2.38. The normalized spacial score (nSPS) is 14.1. The monoisotopic (exact) mass is 239 g/mol. The first-order chi connectivity index (χ1) is 7.97. The summed E-state index contributed by atoms with van der Waals surface area (Å²) in [7, 11) is 0. The van der Waals surface area contributed by atoms with Crippen LogP contribution in [0.4, 0.5) is 0 Å². The number of amides is 1. The molecule has 0 aromatic heterocycles. The molecule has 1 aromatic carbocycles. The van der Waals surface area contributed by atoms with Gasteiger partial charge in [0.2, 0.25) is 0 Å². The molecule has 5 nitrogen and oxygen atoms in total. The van der Waals surface area contributed by atoms with E-state index < -0.39 is 11.7 Å². The van der Waals surface area contributed by atoms with Gasteiger partial charge in [0.15, 0.2) is 11.5 Å². The number of aliphatic hydroxyl groups is 1. The summed E-state index contributed by atoms with van der Waals surface area (Å²) in [5.74, 6) is -1.33. The van der Waals surface area contributed by atoms with Gasteiger partial charge in [0.05, 0.1) is 5.56 Å². The average Bonchev–Trinajstić information content (AvgIpc) is 2.31. The van der Waals surface area contributed by atoms with E-state index in [4.69, 9.17) is 5.11 Å². The molecule has 0 saturated carbocycles. The van der Waals surface area contributed by atoms with Crippen LogP contribution in [0.1, 0.15) is 24.2 Å². The summed E-state index contributed by atoms with van der Waals surface area (Å²) < 4.78 is 0. The Morgan fingerprint density at radius 2 is 2.00 bits per heavy atom. The summed E-state index contributed by atoms with van der Waals surface area (Å²) in [6, 6.07) is 3.96. The third kappa shape index (κ3) is 3.10. The largest absolute Gasteiger partial charge is 0.504 e. The average molecular weight is 239 g/mol. The van der Waals surface area contributed by atoms with Crippen LogP contribution in [0.3, 0.4) is 0 Å². The molecule has 17 heavy (non-hydrogen) atoms. The van der Waals surface area contributed by atoms with E-state index in [0.717, 1.165) is 0 Å². The van der Waals surface area contributed by atoms with Gasteiger partial charge in [-0.3, -0.25) is 4.79 Å². The van der Waals surface area contributed by atoms with Gasteiger partial charge in [-0.1, -0.05) is 13.0 Å². The molecule has 0 saturated heterocycles. The van der Waals surface area contributed by atoms with E-state index in [1.807, 2.05) is 0 Å². The second kappa shape index (κ2) is 5.54. The van der Waals surface area contributed by atoms with E-state index >= 15 is 0 Å². The molecule has 4 N–H and O–H groups in total. The lowest BCUT2D eigenvalue weighted by molar-refractivity contribution is 0.0913. The van der Waals surface area contributed by atoms with Crippen LogP contribution in [0.15, 0.2) is 18.2 Å². The van der Waals surface area contributed by atoms with Crippen molar-refractivity contribution in [1.82, 2.24) is 5.32 Å². The van der Waals surface area contributed by atoms with E-state index in [1.165, 1.54) is 18.2 Å². The first-order valence-electron chi connectivity index (χ1n) is 5.40. The van der Waals surface area contributed by atoms with E-state index in [0.29, 0.717) is 0 Å². The Balaban J connectivity index is 2.80. The Kier molecular flexibility index (Phi) is 4.34. The molecule has 1 rings (SSSR count). The van der Waals surface area contributed by atoms with Gasteiger partial charge in [0.25, 0.3) is 5.91 Å². The molecule has 0 fully saturated rings. The minimum Gasteiger partial charge on any atom is -0.504 e. The fourth-order valence-electron chi connectivity index (χ4n) is 1.30. The number of hydrogen-bond donors (Lipinski definition) is 4. The number of rotatable bonds is 4. The summed E-state index contributed by atoms with van der Waals surface area (Å²) in [6.07, 6.45) is 0. The highest BCUT2D eigenvalue weighted by molar-refractivity contribution is 5.97. The van der Waals surface area contributed by atoms with Crippen LogP contribution in [0, 0.1) is 5.92 Å². The number of aliphatic hydroxyl groups excluding tert-OH is 1. The number of aromatic hydroxyl groups is 2. The van der Waals surface area contributed by atoms with Gasteiger partial charge in [-0.15, -0.1) is 0 Å². The maximum Gasteiger partial charge on any atom is 0.255 e. The van der Waals surface area contributed by atoms with Gasteiger partial charge in [-0.25, -0.2) is 0 Å². The Bertz CT molecular complexity index is 405. The van der Waals surface area contributed by atoms with Crippen molar-refractivity contribution in [2.24, 2.45) is 5.92 Å². The molecule has 0 aliphatic rings. The Morgan fingerprint density at radius 3 is 2.59 bits per heavy atom. The Morgan fingerprint density at radius 1 is 1.35 bits per heavy atom. The number of carbonyl (C=O) groups is 1. The van der Waals surface area contributed by atoms with Crippen molar-refractivity contribution in [2.45, 2.75) is 19.9 Å². The highest BCUT2D eigenvalue weighted by Gasteiger charge is 2.18. The smallest absolute Gasteiger partial charge is 0.255 e. The lowest BCUT2D eigenvalue weighted by Gasteiger charge is -2.19. The molecule has 2 atom stereocenters. The van der Waals surface area contributed by atoms with Gasteiger partial charge < -0.3 is 20.6 Å². The zero-order valence-electron chi connectivity index (χ0n) is 9.84. The van der Waals surface area contributed by atoms with Crippen LogP contribution < -0.4 is 5.32 Å². The molecule has 94 valence electrons. The maximum absolute atomic E-state index is 11.8. The van der Waals surface area contributed by atoms with Crippen molar-refractivity contribution in [3.8, 4) is 11.5 Å². The number of para-hydroxylation sites is 1. The minimum absolute atomic E-state index is 0.0157. The summed E-state index contributed by atoms with van der Waals surface area (Å²) in [6.45, 7) is 3.53. The van der Waals surface area contributed by atoms with Gasteiger partial charge in [0, 0.05) is 12.6 Å². The van der Waals surface area contributed by atoms with Crippen LogP contribution in [-0.4, -0.2) is 33.9 Å². The quantitative estimate of drug-likeness (QED) is 0.586. The third-order valence-electron chi connectivity index (χ3n) is 2.76. The molecule has 0 spiro atoms. The second-order valence-electron chi connectivity index (χ2n) is 4.10. The fraction of sp³-hybridized carbons (Fsp3) is 0.417. The van der Waals surface area contributed by atoms with Gasteiger partial charge in [-0.05, 0) is 25.0 Å². The molecule has 2 unspecified atom stereocenters. The summed E-state index contributed by atoms with van der Waals surface area (Å²) in [5, 5.41) is 30.4. The Hall–Kier alpha value is -1.75. The van der Waals surface area contributed by atoms with Crippen LogP contribution in [0.5, 0.6) is 11.5 Å². The van der Waals surface area contributed by atoms with Crippen LogP contribution >= 0.6 is 0 Å². The second-order valence-corrected chi connectivity index (χ2v) is 4.10. The zero-order chi connectivity index (χ0) is 13.0. The van der Waals surface area contributed by atoms with Crippen LogP contribution in [0.25, 0.3) is 0 Å². The molecule has 0 bridgehead atoms. The molecule has 0 aliphatic heterocycles. The summed E-state index contributed by atoms with van der Waals surface area (Å²) in [5.41, 5.74) is 0.0157. The maximum atomic E-state index is 11.8. The van der Waals surface area contributed by atoms with E-state index in [2.05, 4.69) is 5.32 Å². The predicted octanol–water partition coefficient (Wildman–Crippen LogP) is 0.845. The van der Waals surface area contributed by atoms with Gasteiger partial charge in [-0.2, -0.15) is 0 Å². The van der Waals surface area contributed by atoms with Gasteiger partial charge >= 0.3 is 0 Å². The van der Waals surface area contributed by atoms with E-state index in [9.17, 15) is 15.0 Å². The molecule has 1 aromatic rings. The number of benzene rings is 1. The van der Waals surface area contributed by atoms with Crippen molar-refractivity contribution in [3.05, 3.63) is 23.8 Å². The third-order valence-corrected chi connectivity index (χ3v) is 2.76. The minimum atomic E-state index is -0.480. The molecule has 0 heterocycles. The number of phenolic OH excluding ortho intramolecular Hbond substituents is 2. The van der Waals surface area contributed by atoms with E-state index in [1.54, 1.807) is 13.8 Å². The summed E-state index contributed by atoms with van der Waals surface area (Å²) >= 11 is 0. The highest BCUT2D eigenvalue weighted by Crippen LogP contribution is 2.28. The molecular formula is C12H17NO4. The van der Waals surface area contributed by atoms with Crippen molar-refractivity contribution in [1.29, 1.82) is 0 Å². The zero-order valence-corrected chi connectivity index (χ0v) is 9.84. The van der Waals surface area contributed by atoms with Crippen molar-refractivity contribution in [2.75, 3.05) is 6.61 Å². The van der Waals surface area contributed by atoms with Crippen LogP contribution in [-0.2, 0) is 0 Å². The van der Waals surface area contributed by atoms with Crippen molar-refractivity contribution >= 4 is 5.91 Å². The van der Waals surface area contributed by atoms with E-state index in [-0.39, 0.29) is 29.9 Å². The molecule has 0 aliphatic carbocycles. The topological polar surface area (TPSA) is 89.8 Å². The first-order valence-corrected chi connectivity index (χ1v) is 5.40.